The predicted octanol–water partition coefficient (Wildman–Crippen LogP) is 1.63. The maximum atomic E-state index is 8.50. The molecule has 0 aliphatic rings. The van der Waals surface area contributed by atoms with Crippen LogP contribution in [0.5, 0.6) is 0 Å². The van der Waals surface area contributed by atoms with Gasteiger partial charge in [-0.15, -0.1) is 0 Å². The van der Waals surface area contributed by atoms with Crippen molar-refractivity contribution in [3.05, 3.63) is 23.0 Å². The van der Waals surface area contributed by atoms with E-state index in [1.165, 1.54) is 0 Å². The lowest BCUT2D eigenvalue weighted by atomic mass is 10.1. The molecule has 0 unspecified atom stereocenters. The number of pyridine rings is 1. The SMILES string of the molecule is Cc1cnc(CN(C)CCC#N)c(C)c1N. The molecular formula is C12H18N4. The van der Waals surface area contributed by atoms with Crippen molar-refractivity contribution >= 4 is 5.69 Å². The highest BCUT2D eigenvalue weighted by Gasteiger charge is 2.08. The summed E-state index contributed by atoms with van der Waals surface area (Å²) in [6.07, 6.45) is 2.34. The third kappa shape index (κ3) is 2.94. The summed E-state index contributed by atoms with van der Waals surface area (Å²) in [5.74, 6) is 0. The van der Waals surface area contributed by atoms with Crippen LogP contribution in [0.25, 0.3) is 0 Å². The van der Waals surface area contributed by atoms with Crippen LogP contribution in [0.15, 0.2) is 6.20 Å². The summed E-state index contributed by atoms with van der Waals surface area (Å²) < 4.78 is 0. The number of rotatable bonds is 4. The Morgan fingerprint density at radius 3 is 2.81 bits per heavy atom. The first kappa shape index (κ1) is 12.5. The van der Waals surface area contributed by atoms with E-state index in [9.17, 15) is 0 Å². The molecule has 86 valence electrons. The Morgan fingerprint density at radius 2 is 2.19 bits per heavy atom. The summed E-state index contributed by atoms with van der Waals surface area (Å²) in [5, 5.41) is 8.50. The van der Waals surface area contributed by atoms with Gasteiger partial charge >= 0.3 is 0 Å². The lowest BCUT2D eigenvalue weighted by Crippen LogP contribution is -2.20. The van der Waals surface area contributed by atoms with E-state index in [4.69, 9.17) is 11.0 Å². The molecule has 1 rings (SSSR count). The van der Waals surface area contributed by atoms with Gasteiger partial charge in [-0.2, -0.15) is 5.26 Å². The van der Waals surface area contributed by atoms with Gasteiger partial charge in [0, 0.05) is 31.4 Å². The number of aryl methyl sites for hydroxylation is 1. The summed E-state index contributed by atoms with van der Waals surface area (Å²) in [6, 6.07) is 2.13. The molecule has 1 heterocycles. The monoisotopic (exact) mass is 218 g/mol. The minimum Gasteiger partial charge on any atom is -0.398 e. The maximum Gasteiger partial charge on any atom is 0.0635 e. The number of nitrogen functional groups attached to an aromatic ring is 1. The number of nitrogens with two attached hydrogens (primary N) is 1. The highest BCUT2D eigenvalue weighted by molar-refractivity contribution is 5.53. The van der Waals surface area contributed by atoms with Crippen molar-refractivity contribution in [2.75, 3.05) is 19.3 Å². The van der Waals surface area contributed by atoms with Crippen molar-refractivity contribution < 1.29 is 0 Å². The van der Waals surface area contributed by atoms with Crippen LogP contribution in [0, 0.1) is 25.2 Å². The maximum absolute atomic E-state index is 8.50. The van der Waals surface area contributed by atoms with Crippen LogP contribution in [0.1, 0.15) is 23.2 Å². The molecule has 4 nitrogen and oxygen atoms in total. The van der Waals surface area contributed by atoms with Gasteiger partial charge in [-0.25, -0.2) is 0 Å². The van der Waals surface area contributed by atoms with Gasteiger partial charge in [-0.1, -0.05) is 0 Å². The topological polar surface area (TPSA) is 65.9 Å². The molecule has 0 aliphatic carbocycles. The smallest absolute Gasteiger partial charge is 0.0635 e. The molecule has 1 aromatic heterocycles. The summed E-state index contributed by atoms with van der Waals surface area (Å²) in [6.45, 7) is 5.44. The van der Waals surface area contributed by atoms with Gasteiger partial charge in [0.15, 0.2) is 0 Å². The molecule has 16 heavy (non-hydrogen) atoms. The molecule has 0 amide bonds. The quantitative estimate of drug-likeness (QED) is 0.834. The first-order valence-electron chi connectivity index (χ1n) is 5.32. The van der Waals surface area contributed by atoms with E-state index >= 15 is 0 Å². The second-order valence-corrected chi connectivity index (χ2v) is 4.07. The molecule has 0 saturated carbocycles. The third-order valence-corrected chi connectivity index (χ3v) is 2.70. The average Bonchev–Trinajstić information content (AvgIpc) is 2.27. The third-order valence-electron chi connectivity index (χ3n) is 2.70. The summed E-state index contributed by atoms with van der Waals surface area (Å²) in [4.78, 5) is 6.46. The highest BCUT2D eigenvalue weighted by atomic mass is 15.1. The molecule has 2 N–H and O–H groups in total. The fraction of sp³-hybridized carbons (Fsp3) is 0.500. The Labute approximate surface area is 96.7 Å². The van der Waals surface area contributed by atoms with Crippen molar-refractivity contribution in [2.24, 2.45) is 0 Å². The van der Waals surface area contributed by atoms with Crippen molar-refractivity contribution in [1.29, 1.82) is 5.26 Å². The van der Waals surface area contributed by atoms with Crippen LogP contribution in [-0.4, -0.2) is 23.5 Å². The number of hydrogen-bond acceptors (Lipinski definition) is 4. The molecule has 0 radical (unpaired) electrons. The van der Waals surface area contributed by atoms with Crippen LogP contribution < -0.4 is 5.73 Å². The van der Waals surface area contributed by atoms with E-state index in [1.807, 2.05) is 20.9 Å². The molecule has 0 spiro atoms. The number of anilines is 1. The largest absolute Gasteiger partial charge is 0.398 e. The number of hydrogen-bond donors (Lipinski definition) is 1. The molecule has 0 aliphatic heterocycles. The van der Waals surface area contributed by atoms with Crippen molar-refractivity contribution in [3.63, 3.8) is 0 Å². The van der Waals surface area contributed by atoms with E-state index in [2.05, 4.69) is 16.0 Å². The first-order chi connectivity index (χ1) is 7.56. The lowest BCUT2D eigenvalue weighted by Gasteiger charge is -2.17. The van der Waals surface area contributed by atoms with Gasteiger partial charge in [0.25, 0.3) is 0 Å². The molecule has 0 aromatic carbocycles. The summed E-state index contributed by atoms with van der Waals surface area (Å²) >= 11 is 0. The molecular weight excluding hydrogens is 200 g/mol. The van der Waals surface area contributed by atoms with E-state index < -0.39 is 0 Å². The van der Waals surface area contributed by atoms with E-state index in [0.29, 0.717) is 6.42 Å². The molecule has 0 fully saturated rings. The Balaban J connectivity index is 2.75. The fourth-order valence-corrected chi connectivity index (χ4v) is 1.53. The normalized spacial score (nSPS) is 10.4. The van der Waals surface area contributed by atoms with Crippen molar-refractivity contribution in [2.45, 2.75) is 26.8 Å². The number of nitriles is 1. The van der Waals surface area contributed by atoms with Gasteiger partial charge in [0.05, 0.1) is 11.8 Å². The van der Waals surface area contributed by atoms with Crippen LogP contribution in [0.4, 0.5) is 5.69 Å². The lowest BCUT2D eigenvalue weighted by molar-refractivity contribution is 0.330. The molecule has 4 heteroatoms. The Hall–Kier alpha value is -1.60. The minimum atomic E-state index is 0.539. The molecule has 0 saturated heterocycles. The van der Waals surface area contributed by atoms with Gasteiger partial charge < -0.3 is 5.73 Å². The highest BCUT2D eigenvalue weighted by Crippen LogP contribution is 2.18. The van der Waals surface area contributed by atoms with Crippen LogP contribution in [0.3, 0.4) is 0 Å². The average molecular weight is 218 g/mol. The number of aromatic nitrogens is 1. The zero-order chi connectivity index (χ0) is 12.1. The zero-order valence-corrected chi connectivity index (χ0v) is 10.1. The van der Waals surface area contributed by atoms with Gasteiger partial charge in [-0.05, 0) is 32.0 Å². The summed E-state index contributed by atoms with van der Waals surface area (Å²) in [5.41, 5.74) is 9.82. The Morgan fingerprint density at radius 1 is 1.50 bits per heavy atom. The zero-order valence-electron chi connectivity index (χ0n) is 10.1. The second-order valence-electron chi connectivity index (χ2n) is 4.07. The first-order valence-corrected chi connectivity index (χ1v) is 5.32. The van der Waals surface area contributed by atoms with Crippen molar-refractivity contribution in [3.8, 4) is 6.07 Å². The van der Waals surface area contributed by atoms with Crippen LogP contribution in [-0.2, 0) is 6.54 Å². The molecule has 1 aromatic rings. The molecule has 0 atom stereocenters. The van der Waals surface area contributed by atoms with E-state index in [-0.39, 0.29) is 0 Å². The van der Waals surface area contributed by atoms with E-state index in [1.54, 1.807) is 6.20 Å². The Kier molecular flexibility index (Phi) is 4.27. The minimum absolute atomic E-state index is 0.539. The van der Waals surface area contributed by atoms with Crippen molar-refractivity contribution in [1.82, 2.24) is 9.88 Å². The van der Waals surface area contributed by atoms with Gasteiger partial charge in [0.2, 0.25) is 0 Å². The van der Waals surface area contributed by atoms with Gasteiger partial charge in [-0.3, -0.25) is 9.88 Å². The van der Waals surface area contributed by atoms with E-state index in [0.717, 1.165) is 35.6 Å². The second kappa shape index (κ2) is 5.47. The Bertz CT molecular complexity index is 406. The molecule has 0 bridgehead atoms. The standard InChI is InChI=1S/C12H18N4/c1-9-7-15-11(10(2)12(9)14)8-16(3)6-4-5-13/h7H,4,6,8H2,1-3H3,(H2,14,15). The summed E-state index contributed by atoms with van der Waals surface area (Å²) in [7, 11) is 1.98. The fourth-order valence-electron chi connectivity index (χ4n) is 1.53. The predicted molar refractivity (Wildman–Crippen MR) is 64.7 cm³/mol. The van der Waals surface area contributed by atoms with Crippen LogP contribution >= 0.6 is 0 Å². The van der Waals surface area contributed by atoms with Gasteiger partial charge in [0.1, 0.15) is 0 Å². The number of nitrogens with zero attached hydrogens (tertiary/aromatic N) is 3. The van der Waals surface area contributed by atoms with Crippen LogP contribution in [0.2, 0.25) is 0 Å².